The first-order valence-electron chi connectivity index (χ1n) is 11.9. The van der Waals surface area contributed by atoms with Crippen LogP contribution in [0.1, 0.15) is 58.6 Å². The summed E-state index contributed by atoms with van der Waals surface area (Å²) >= 11 is 12.9. The maximum absolute atomic E-state index is 11.1. The van der Waals surface area contributed by atoms with Gasteiger partial charge in [-0.15, -0.1) is 0 Å². The van der Waals surface area contributed by atoms with Crippen LogP contribution in [0.4, 0.5) is 0 Å². The molecule has 2 heterocycles. The Bertz CT molecular complexity index is 1480. The minimum Gasteiger partial charge on any atom is -0.487 e. The third-order valence-electron chi connectivity index (χ3n) is 6.06. The molecule has 0 amide bonds. The van der Waals surface area contributed by atoms with Gasteiger partial charge in [0.2, 0.25) is 0 Å². The number of ether oxygens (including phenoxy) is 1. The second-order valence-electron chi connectivity index (χ2n) is 8.87. The molecule has 1 N–H and O–H groups in total. The van der Waals surface area contributed by atoms with Crippen LogP contribution in [0, 0.1) is 0 Å². The van der Waals surface area contributed by atoms with Crippen molar-refractivity contribution in [3.8, 4) is 17.0 Å². The van der Waals surface area contributed by atoms with Gasteiger partial charge in [0, 0.05) is 11.5 Å². The van der Waals surface area contributed by atoms with Gasteiger partial charge >= 0.3 is 5.97 Å². The van der Waals surface area contributed by atoms with Gasteiger partial charge in [-0.1, -0.05) is 51.7 Å². The standard InChI is InChI=1S/C28H23Cl2N3O5/c1-16(32-37-14-17-4-2-5-19(12-17)28(34)35)24-11-10-20(13-31-24)36-15-21-26(33-38-27(21)18-8-9-18)25-22(29)6-3-7-23(25)30/h2-7,10-13,18H,8-9,14-15H2,1H3,(H,34,35)/b32-16+. The van der Waals surface area contributed by atoms with Crippen LogP contribution >= 0.6 is 23.2 Å². The Morgan fingerprint density at radius 3 is 2.55 bits per heavy atom. The van der Waals surface area contributed by atoms with Crippen molar-refractivity contribution in [2.45, 2.75) is 38.9 Å². The number of carboxylic acids is 1. The van der Waals surface area contributed by atoms with Gasteiger partial charge < -0.3 is 19.2 Å². The van der Waals surface area contributed by atoms with Crippen molar-refractivity contribution in [2.75, 3.05) is 0 Å². The molecule has 4 aromatic rings. The van der Waals surface area contributed by atoms with E-state index < -0.39 is 5.97 Å². The van der Waals surface area contributed by atoms with E-state index in [1.54, 1.807) is 61.7 Å². The van der Waals surface area contributed by atoms with E-state index in [1.165, 1.54) is 6.07 Å². The number of carboxylic acid groups (broad SMARTS) is 1. The van der Waals surface area contributed by atoms with Gasteiger partial charge in [0.15, 0.2) is 0 Å². The Hall–Kier alpha value is -3.88. The zero-order chi connectivity index (χ0) is 26.6. The number of hydrogen-bond donors (Lipinski definition) is 1. The normalized spacial score (nSPS) is 13.4. The molecule has 0 atom stereocenters. The number of halogens is 2. The van der Waals surface area contributed by atoms with E-state index in [4.69, 9.17) is 42.4 Å². The summed E-state index contributed by atoms with van der Waals surface area (Å²) in [6, 6.07) is 15.4. The molecule has 0 aliphatic heterocycles. The van der Waals surface area contributed by atoms with E-state index in [9.17, 15) is 4.79 Å². The molecule has 38 heavy (non-hydrogen) atoms. The molecule has 0 unspecified atom stereocenters. The molecule has 2 aromatic carbocycles. The predicted octanol–water partition coefficient (Wildman–Crippen LogP) is 7.14. The summed E-state index contributed by atoms with van der Waals surface area (Å²) in [5.41, 5.74) is 4.11. The summed E-state index contributed by atoms with van der Waals surface area (Å²) in [7, 11) is 0. The van der Waals surface area contributed by atoms with Gasteiger partial charge in [0.1, 0.15) is 36.1 Å². The Balaban J connectivity index is 1.25. The summed E-state index contributed by atoms with van der Waals surface area (Å²) in [5.74, 6) is 0.693. The van der Waals surface area contributed by atoms with E-state index in [0.717, 1.165) is 24.2 Å². The van der Waals surface area contributed by atoms with Gasteiger partial charge in [0.25, 0.3) is 0 Å². The zero-order valence-corrected chi connectivity index (χ0v) is 21.9. The van der Waals surface area contributed by atoms with Crippen LogP contribution in [0.2, 0.25) is 10.0 Å². The predicted molar refractivity (Wildman–Crippen MR) is 143 cm³/mol. The summed E-state index contributed by atoms with van der Waals surface area (Å²) < 4.78 is 11.7. The van der Waals surface area contributed by atoms with Gasteiger partial charge in [0.05, 0.1) is 33.1 Å². The number of pyridine rings is 1. The maximum Gasteiger partial charge on any atom is 0.335 e. The monoisotopic (exact) mass is 551 g/mol. The number of aromatic carboxylic acids is 1. The van der Waals surface area contributed by atoms with Crippen LogP contribution in [0.25, 0.3) is 11.3 Å². The number of aromatic nitrogens is 2. The molecule has 0 spiro atoms. The smallest absolute Gasteiger partial charge is 0.335 e. The lowest BCUT2D eigenvalue weighted by molar-refractivity contribution is 0.0696. The van der Waals surface area contributed by atoms with E-state index in [2.05, 4.69) is 15.3 Å². The zero-order valence-electron chi connectivity index (χ0n) is 20.4. The molecule has 0 radical (unpaired) electrons. The molecule has 0 saturated heterocycles. The molecule has 0 bridgehead atoms. The highest BCUT2D eigenvalue weighted by Gasteiger charge is 2.33. The highest BCUT2D eigenvalue weighted by molar-refractivity contribution is 6.39. The molecule has 1 saturated carbocycles. The fourth-order valence-corrected chi connectivity index (χ4v) is 4.50. The first-order chi connectivity index (χ1) is 18.4. The molecule has 10 heteroatoms. The number of carbonyl (C=O) groups is 1. The molecule has 1 fully saturated rings. The van der Waals surface area contributed by atoms with Gasteiger partial charge in [-0.05, 0) is 61.7 Å². The molecule has 8 nitrogen and oxygen atoms in total. The number of benzene rings is 2. The Labute approximate surface area is 228 Å². The Kier molecular flexibility index (Phi) is 7.62. The molecular weight excluding hydrogens is 529 g/mol. The van der Waals surface area contributed by atoms with Crippen molar-refractivity contribution in [3.63, 3.8) is 0 Å². The van der Waals surface area contributed by atoms with Crippen LogP contribution in [-0.2, 0) is 18.1 Å². The summed E-state index contributed by atoms with van der Waals surface area (Å²) in [6.45, 7) is 2.13. The molecule has 5 rings (SSSR count). The highest BCUT2D eigenvalue weighted by atomic mass is 35.5. The molecule has 194 valence electrons. The van der Waals surface area contributed by atoms with Crippen molar-refractivity contribution in [1.29, 1.82) is 0 Å². The number of nitrogens with zero attached hydrogens (tertiary/aromatic N) is 3. The van der Waals surface area contributed by atoms with Gasteiger partial charge in [-0.3, -0.25) is 4.98 Å². The third-order valence-corrected chi connectivity index (χ3v) is 6.69. The molecule has 1 aliphatic rings. The topological polar surface area (TPSA) is 107 Å². The lowest BCUT2D eigenvalue weighted by atomic mass is 10.0. The number of oxime groups is 1. The third kappa shape index (κ3) is 5.82. The lowest BCUT2D eigenvalue weighted by Crippen LogP contribution is -2.03. The average Bonchev–Trinajstić information content (AvgIpc) is 3.68. The number of rotatable bonds is 10. The Morgan fingerprint density at radius 1 is 1.11 bits per heavy atom. The van der Waals surface area contributed by atoms with Crippen LogP contribution in [-0.4, -0.2) is 26.9 Å². The molecule has 1 aliphatic carbocycles. The van der Waals surface area contributed by atoms with Crippen molar-refractivity contribution in [2.24, 2.45) is 5.16 Å². The van der Waals surface area contributed by atoms with Crippen LogP contribution in [0.15, 0.2) is 70.5 Å². The average molecular weight is 552 g/mol. The minimum atomic E-state index is -0.991. The number of hydrogen-bond acceptors (Lipinski definition) is 7. The van der Waals surface area contributed by atoms with Gasteiger partial charge in [-0.2, -0.15) is 0 Å². The second kappa shape index (κ2) is 11.2. The SMILES string of the molecule is C/C(=N\OCc1cccc(C(=O)O)c1)c1ccc(OCc2c(-c3c(Cl)cccc3Cl)noc2C2CC2)cn1. The van der Waals surface area contributed by atoms with Crippen LogP contribution in [0.5, 0.6) is 5.75 Å². The fourth-order valence-electron chi connectivity index (χ4n) is 3.93. The highest BCUT2D eigenvalue weighted by Crippen LogP contribution is 2.46. The van der Waals surface area contributed by atoms with Crippen molar-refractivity contribution in [3.05, 3.63) is 99.0 Å². The molecule has 2 aromatic heterocycles. The minimum absolute atomic E-state index is 0.138. The van der Waals surface area contributed by atoms with Crippen LogP contribution in [0.3, 0.4) is 0 Å². The largest absolute Gasteiger partial charge is 0.487 e. The molecular formula is C28H23Cl2N3O5. The summed E-state index contributed by atoms with van der Waals surface area (Å²) in [5, 5.41) is 18.5. The first-order valence-corrected chi connectivity index (χ1v) is 12.7. The Morgan fingerprint density at radius 2 is 1.87 bits per heavy atom. The van der Waals surface area contributed by atoms with Crippen molar-refractivity contribution in [1.82, 2.24) is 10.1 Å². The van der Waals surface area contributed by atoms with E-state index in [-0.39, 0.29) is 18.8 Å². The van der Waals surface area contributed by atoms with Crippen molar-refractivity contribution < 1.29 is 24.0 Å². The fraction of sp³-hybridized carbons (Fsp3) is 0.214. The van der Waals surface area contributed by atoms with E-state index >= 15 is 0 Å². The summed E-state index contributed by atoms with van der Waals surface area (Å²) in [4.78, 5) is 20.9. The van der Waals surface area contributed by atoms with Crippen molar-refractivity contribution >= 4 is 34.9 Å². The quantitative estimate of drug-likeness (QED) is 0.165. The summed E-state index contributed by atoms with van der Waals surface area (Å²) in [6.07, 6.45) is 3.69. The van der Waals surface area contributed by atoms with E-state index in [1.807, 2.05) is 0 Å². The lowest BCUT2D eigenvalue weighted by Gasteiger charge is -2.10. The maximum atomic E-state index is 11.1. The first kappa shape index (κ1) is 25.8. The van der Waals surface area contributed by atoms with Crippen LogP contribution < -0.4 is 4.74 Å². The van der Waals surface area contributed by atoms with Gasteiger partial charge in [-0.25, -0.2) is 4.79 Å². The second-order valence-corrected chi connectivity index (χ2v) is 9.68. The van der Waals surface area contributed by atoms with E-state index in [0.29, 0.717) is 49.9 Å².